The highest BCUT2D eigenvalue weighted by Crippen LogP contribution is 2.24. The number of para-hydroxylation sites is 1. The average molecular weight is 483 g/mol. The lowest BCUT2D eigenvalue weighted by Gasteiger charge is -2.12. The number of nitrogens with zero attached hydrogens (tertiary/aromatic N) is 3. The van der Waals surface area contributed by atoms with Crippen LogP contribution in [0.25, 0.3) is 5.69 Å². The molecule has 0 aliphatic carbocycles. The second-order valence-electron chi connectivity index (χ2n) is 7.63. The molecule has 0 fully saturated rings. The van der Waals surface area contributed by atoms with E-state index in [0.717, 1.165) is 11.8 Å². The molecule has 34 heavy (non-hydrogen) atoms. The number of amides is 2. The summed E-state index contributed by atoms with van der Waals surface area (Å²) >= 11 is 1.14. The van der Waals surface area contributed by atoms with Gasteiger partial charge in [-0.3, -0.25) is 19.1 Å². The van der Waals surface area contributed by atoms with E-state index in [9.17, 15) is 19.2 Å². The van der Waals surface area contributed by atoms with E-state index in [1.807, 2.05) is 30.3 Å². The van der Waals surface area contributed by atoms with Gasteiger partial charge in [0.15, 0.2) is 6.61 Å². The Labute approximate surface area is 201 Å². The fraction of sp³-hybridized carbons (Fsp3) is 0.250. The molecule has 0 aliphatic heterocycles. The minimum absolute atomic E-state index is 0.0277. The molecule has 0 saturated heterocycles. The molecule has 1 N–H and O–H groups in total. The number of anilines is 1. The van der Waals surface area contributed by atoms with Gasteiger partial charge >= 0.3 is 5.97 Å². The standard InChI is InChI=1S/C24H26N4O5S/c1-16-22(23(31)28(27(16)4)17-10-6-5-7-11-17)25-20(29)15-34-19-13-9-8-12-18(19)24(32)33-14-21(30)26(2)3/h5-13H,14-15H2,1-4H3,(H,25,29). The number of carbonyl (C=O) groups excluding carboxylic acids is 3. The van der Waals surface area contributed by atoms with E-state index in [1.54, 1.807) is 57.0 Å². The molecule has 3 aromatic rings. The molecule has 0 spiro atoms. The van der Waals surface area contributed by atoms with Crippen LogP contribution >= 0.6 is 11.8 Å². The van der Waals surface area contributed by atoms with Gasteiger partial charge in [-0.25, -0.2) is 9.48 Å². The third kappa shape index (κ3) is 5.57. The number of aromatic nitrogens is 2. The van der Waals surface area contributed by atoms with Crippen molar-refractivity contribution in [2.75, 3.05) is 31.8 Å². The Hall–Kier alpha value is -3.79. The maximum Gasteiger partial charge on any atom is 0.339 e. The van der Waals surface area contributed by atoms with Crippen LogP contribution in [0.5, 0.6) is 0 Å². The molecule has 0 atom stereocenters. The number of nitrogens with one attached hydrogen (secondary N) is 1. The summed E-state index contributed by atoms with van der Waals surface area (Å²) < 4.78 is 8.26. The van der Waals surface area contributed by atoms with Crippen LogP contribution in [-0.2, 0) is 21.4 Å². The summed E-state index contributed by atoms with van der Waals surface area (Å²) in [6.07, 6.45) is 0. The van der Waals surface area contributed by atoms with Gasteiger partial charge in [-0.05, 0) is 31.2 Å². The normalized spacial score (nSPS) is 10.6. The SMILES string of the molecule is Cc1c(NC(=O)CSc2ccccc2C(=O)OCC(=O)N(C)C)c(=O)n(-c2ccccc2)n1C. The molecule has 0 unspecified atom stereocenters. The van der Waals surface area contributed by atoms with Crippen molar-refractivity contribution in [3.05, 3.63) is 76.2 Å². The number of thioether (sulfide) groups is 1. The number of hydrogen-bond donors (Lipinski definition) is 1. The van der Waals surface area contributed by atoms with Crippen LogP contribution < -0.4 is 10.9 Å². The molecule has 3 rings (SSSR count). The molecule has 1 heterocycles. The van der Waals surface area contributed by atoms with E-state index < -0.39 is 5.97 Å². The highest BCUT2D eigenvalue weighted by molar-refractivity contribution is 8.00. The van der Waals surface area contributed by atoms with Gasteiger partial charge in [-0.15, -0.1) is 11.8 Å². The Bertz CT molecular complexity index is 1260. The van der Waals surface area contributed by atoms with Crippen LogP contribution in [0.4, 0.5) is 5.69 Å². The molecular weight excluding hydrogens is 456 g/mol. The van der Waals surface area contributed by atoms with E-state index in [0.29, 0.717) is 16.3 Å². The minimum atomic E-state index is -0.650. The summed E-state index contributed by atoms with van der Waals surface area (Å²) in [6, 6.07) is 15.8. The summed E-state index contributed by atoms with van der Waals surface area (Å²) in [5, 5.41) is 2.70. The molecule has 0 bridgehead atoms. The van der Waals surface area contributed by atoms with Crippen molar-refractivity contribution >= 4 is 35.2 Å². The van der Waals surface area contributed by atoms with Crippen molar-refractivity contribution in [2.45, 2.75) is 11.8 Å². The monoisotopic (exact) mass is 482 g/mol. The lowest BCUT2D eigenvalue weighted by molar-refractivity contribution is -0.132. The summed E-state index contributed by atoms with van der Waals surface area (Å²) in [7, 11) is 4.89. The van der Waals surface area contributed by atoms with Gasteiger partial charge in [0.05, 0.1) is 22.7 Å². The smallest absolute Gasteiger partial charge is 0.339 e. The summed E-state index contributed by atoms with van der Waals surface area (Å²) in [5.74, 6) is -1.40. The first kappa shape index (κ1) is 24.8. The molecule has 178 valence electrons. The molecule has 0 saturated carbocycles. The maximum atomic E-state index is 13.0. The number of ether oxygens (including phenoxy) is 1. The third-order valence-electron chi connectivity index (χ3n) is 5.11. The molecule has 1 aromatic heterocycles. The molecule has 10 heteroatoms. The lowest BCUT2D eigenvalue weighted by atomic mass is 10.2. The average Bonchev–Trinajstić information content (AvgIpc) is 3.04. The zero-order chi connectivity index (χ0) is 24.8. The molecule has 0 aliphatic rings. The minimum Gasteiger partial charge on any atom is -0.452 e. The Morgan fingerprint density at radius 3 is 2.35 bits per heavy atom. The Kier molecular flexibility index (Phi) is 7.95. The third-order valence-corrected chi connectivity index (χ3v) is 6.18. The van der Waals surface area contributed by atoms with Crippen LogP contribution in [0.3, 0.4) is 0 Å². The van der Waals surface area contributed by atoms with Gasteiger partial charge in [-0.2, -0.15) is 0 Å². The number of esters is 1. The van der Waals surface area contributed by atoms with Crippen LogP contribution in [0.2, 0.25) is 0 Å². The van der Waals surface area contributed by atoms with Gasteiger partial charge < -0.3 is 15.0 Å². The topological polar surface area (TPSA) is 103 Å². The van der Waals surface area contributed by atoms with Crippen molar-refractivity contribution in [3.8, 4) is 5.69 Å². The number of carbonyl (C=O) groups is 3. The highest BCUT2D eigenvalue weighted by Gasteiger charge is 2.20. The summed E-state index contributed by atoms with van der Waals surface area (Å²) in [4.78, 5) is 51.6. The predicted octanol–water partition coefficient (Wildman–Crippen LogP) is 2.46. The van der Waals surface area contributed by atoms with Crippen molar-refractivity contribution in [1.82, 2.24) is 14.3 Å². The van der Waals surface area contributed by atoms with Gasteiger partial charge in [-0.1, -0.05) is 30.3 Å². The fourth-order valence-corrected chi connectivity index (χ4v) is 3.97. The maximum absolute atomic E-state index is 13.0. The van der Waals surface area contributed by atoms with E-state index in [2.05, 4.69) is 5.32 Å². The first-order valence-electron chi connectivity index (χ1n) is 10.4. The van der Waals surface area contributed by atoms with Crippen LogP contribution in [-0.4, -0.2) is 58.5 Å². The van der Waals surface area contributed by atoms with E-state index >= 15 is 0 Å². The summed E-state index contributed by atoms with van der Waals surface area (Å²) in [6.45, 7) is 1.39. The van der Waals surface area contributed by atoms with Gasteiger partial charge in [0.1, 0.15) is 5.69 Å². The number of benzene rings is 2. The lowest BCUT2D eigenvalue weighted by Crippen LogP contribution is -2.27. The van der Waals surface area contributed by atoms with E-state index in [4.69, 9.17) is 4.74 Å². The van der Waals surface area contributed by atoms with Crippen molar-refractivity contribution in [1.29, 1.82) is 0 Å². The van der Waals surface area contributed by atoms with Gasteiger partial charge in [0.2, 0.25) is 5.91 Å². The molecule has 9 nitrogen and oxygen atoms in total. The largest absolute Gasteiger partial charge is 0.452 e. The van der Waals surface area contributed by atoms with E-state index in [-0.39, 0.29) is 41.0 Å². The molecular formula is C24H26N4O5S. The van der Waals surface area contributed by atoms with Crippen LogP contribution in [0.1, 0.15) is 16.1 Å². The summed E-state index contributed by atoms with van der Waals surface area (Å²) in [5.41, 5.74) is 1.43. The number of hydrogen-bond acceptors (Lipinski definition) is 6. The highest BCUT2D eigenvalue weighted by atomic mass is 32.2. The zero-order valence-electron chi connectivity index (χ0n) is 19.4. The molecule has 2 amide bonds. The Balaban J connectivity index is 1.70. The Morgan fingerprint density at radius 2 is 1.68 bits per heavy atom. The number of rotatable bonds is 8. The van der Waals surface area contributed by atoms with Crippen molar-refractivity contribution in [2.24, 2.45) is 7.05 Å². The van der Waals surface area contributed by atoms with Crippen molar-refractivity contribution in [3.63, 3.8) is 0 Å². The Morgan fingerprint density at radius 1 is 1.03 bits per heavy atom. The number of likely N-dealkylation sites (N-methyl/N-ethyl adjacent to an activating group) is 1. The van der Waals surface area contributed by atoms with Gasteiger partial charge in [0, 0.05) is 26.0 Å². The first-order chi connectivity index (χ1) is 16.2. The van der Waals surface area contributed by atoms with Gasteiger partial charge in [0.25, 0.3) is 11.5 Å². The fourth-order valence-electron chi connectivity index (χ4n) is 3.13. The first-order valence-corrected chi connectivity index (χ1v) is 11.4. The second kappa shape index (κ2) is 10.9. The molecule has 0 radical (unpaired) electrons. The second-order valence-corrected chi connectivity index (χ2v) is 8.65. The van der Waals surface area contributed by atoms with Crippen LogP contribution in [0.15, 0.2) is 64.3 Å². The quantitative estimate of drug-likeness (QED) is 0.391. The predicted molar refractivity (Wildman–Crippen MR) is 131 cm³/mol. The molecule has 2 aromatic carbocycles. The zero-order valence-corrected chi connectivity index (χ0v) is 20.2. The van der Waals surface area contributed by atoms with Crippen LogP contribution in [0, 0.1) is 6.92 Å². The van der Waals surface area contributed by atoms with E-state index in [1.165, 1.54) is 9.58 Å². The van der Waals surface area contributed by atoms with Crippen molar-refractivity contribution < 1.29 is 19.1 Å².